The van der Waals surface area contributed by atoms with E-state index >= 15 is 0 Å². The summed E-state index contributed by atoms with van der Waals surface area (Å²) >= 11 is 0. The number of amides is 1. The molecule has 19 heavy (non-hydrogen) atoms. The van der Waals surface area contributed by atoms with Gasteiger partial charge in [0, 0.05) is 32.4 Å². The molecule has 0 N–H and O–H groups in total. The molecule has 1 amide bonds. The molecule has 1 rings (SSSR count). The summed E-state index contributed by atoms with van der Waals surface area (Å²) in [5.41, 5.74) is 0.856. The van der Waals surface area contributed by atoms with Crippen molar-refractivity contribution in [2.75, 3.05) is 20.3 Å². The Labute approximate surface area is 108 Å². The topological polar surface area (TPSA) is 47.4 Å². The lowest BCUT2D eigenvalue weighted by Crippen LogP contribution is -2.27. The molecule has 0 aromatic carbocycles. The van der Waals surface area contributed by atoms with Gasteiger partial charge in [0.05, 0.1) is 19.2 Å². The molecule has 0 radical (unpaired) electrons. The van der Waals surface area contributed by atoms with Crippen LogP contribution < -0.4 is 0 Å². The fourth-order valence-corrected chi connectivity index (χ4v) is 1.45. The summed E-state index contributed by atoms with van der Waals surface area (Å²) in [7, 11) is 3.34. The molecule has 0 aliphatic rings. The number of aryl methyl sites for hydroxylation is 1. The molecule has 1 heterocycles. The van der Waals surface area contributed by atoms with Crippen LogP contribution in [-0.4, -0.2) is 47.0 Å². The second-order valence-corrected chi connectivity index (χ2v) is 4.19. The Balaban J connectivity index is 2.25. The summed E-state index contributed by atoms with van der Waals surface area (Å²) in [6, 6.07) is 0. The van der Waals surface area contributed by atoms with E-state index in [9.17, 15) is 18.0 Å². The van der Waals surface area contributed by atoms with Gasteiger partial charge in [0.2, 0.25) is 5.91 Å². The zero-order valence-corrected chi connectivity index (χ0v) is 10.8. The third-order valence-corrected chi connectivity index (χ3v) is 2.33. The number of carbonyl (C=O) groups is 1. The quantitative estimate of drug-likeness (QED) is 0.738. The van der Waals surface area contributed by atoms with Crippen molar-refractivity contribution in [3.8, 4) is 0 Å². The van der Waals surface area contributed by atoms with Crippen LogP contribution >= 0.6 is 0 Å². The molecule has 0 aliphatic carbocycles. The zero-order valence-electron chi connectivity index (χ0n) is 10.8. The predicted molar refractivity (Wildman–Crippen MR) is 61.2 cm³/mol. The number of alkyl halides is 3. The van der Waals surface area contributed by atoms with E-state index in [-0.39, 0.29) is 18.9 Å². The summed E-state index contributed by atoms with van der Waals surface area (Å²) in [4.78, 5) is 13.0. The number of hydrogen-bond donors (Lipinski definition) is 0. The molecule has 0 unspecified atom stereocenters. The molecule has 0 saturated heterocycles. The third-order valence-electron chi connectivity index (χ3n) is 2.33. The smallest absolute Gasteiger partial charge is 0.372 e. The molecular weight excluding hydrogens is 263 g/mol. The van der Waals surface area contributed by atoms with Crippen LogP contribution in [0, 0.1) is 0 Å². The zero-order chi connectivity index (χ0) is 14.5. The first-order valence-corrected chi connectivity index (χ1v) is 5.64. The second-order valence-electron chi connectivity index (χ2n) is 4.19. The lowest BCUT2D eigenvalue weighted by molar-refractivity contribution is -0.175. The summed E-state index contributed by atoms with van der Waals surface area (Å²) < 4.78 is 41.4. The van der Waals surface area contributed by atoms with Gasteiger partial charge in [0.1, 0.15) is 6.61 Å². The average molecular weight is 279 g/mol. The van der Waals surface area contributed by atoms with Gasteiger partial charge in [-0.2, -0.15) is 18.3 Å². The monoisotopic (exact) mass is 279 g/mol. The SMILES string of the molecule is CN(Cc1cnn(C)c1)C(=O)CCOCC(F)(F)F. The molecule has 0 bridgehead atoms. The molecule has 5 nitrogen and oxygen atoms in total. The fraction of sp³-hybridized carbons (Fsp3) is 0.636. The van der Waals surface area contributed by atoms with Crippen LogP contribution in [0.25, 0.3) is 0 Å². The van der Waals surface area contributed by atoms with E-state index in [0.717, 1.165) is 5.56 Å². The molecule has 0 saturated carbocycles. The Morgan fingerprint density at radius 2 is 2.21 bits per heavy atom. The maximum Gasteiger partial charge on any atom is 0.411 e. The minimum atomic E-state index is -4.36. The maximum absolute atomic E-state index is 11.8. The Hall–Kier alpha value is -1.57. The minimum Gasteiger partial charge on any atom is -0.372 e. The number of nitrogens with zero attached hydrogens (tertiary/aromatic N) is 3. The van der Waals surface area contributed by atoms with E-state index in [0.29, 0.717) is 6.54 Å². The largest absolute Gasteiger partial charge is 0.411 e. The Morgan fingerprint density at radius 3 is 2.74 bits per heavy atom. The van der Waals surface area contributed by atoms with E-state index in [4.69, 9.17) is 0 Å². The Morgan fingerprint density at radius 1 is 1.53 bits per heavy atom. The number of halogens is 3. The van der Waals surface area contributed by atoms with Crippen molar-refractivity contribution >= 4 is 5.91 Å². The highest BCUT2D eigenvalue weighted by Crippen LogP contribution is 2.14. The molecule has 0 fully saturated rings. The molecule has 108 valence electrons. The highest BCUT2D eigenvalue weighted by atomic mass is 19.4. The van der Waals surface area contributed by atoms with Gasteiger partial charge in [0.25, 0.3) is 0 Å². The average Bonchev–Trinajstić information content (AvgIpc) is 2.68. The lowest BCUT2D eigenvalue weighted by Gasteiger charge is -2.16. The molecule has 0 atom stereocenters. The van der Waals surface area contributed by atoms with Gasteiger partial charge in [-0.3, -0.25) is 9.48 Å². The fourth-order valence-electron chi connectivity index (χ4n) is 1.45. The van der Waals surface area contributed by atoms with E-state index < -0.39 is 12.8 Å². The minimum absolute atomic E-state index is 0.0765. The normalized spacial score (nSPS) is 11.6. The Bertz CT molecular complexity index is 418. The Kier molecular flexibility index (Phi) is 5.34. The van der Waals surface area contributed by atoms with Crippen molar-refractivity contribution < 1.29 is 22.7 Å². The molecule has 0 aliphatic heterocycles. The molecular formula is C11H16F3N3O2. The van der Waals surface area contributed by atoms with E-state index in [1.54, 1.807) is 31.2 Å². The summed E-state index contributed by atoms with van der Waals surface area (Å²) in [5.74, 6) is -0.272. The van der Waals surface area contributed by atoms with Crippen LogP contribution in [0.5, 0.6) is 0 Å². The highest BCUT2D eigenvalue weighted by Gasteiger charge is 2.27. The highest BCUT2D eigenvalue weighted by molar-refractivity contribution is 5.75. The van der Waals surface area contributed by atoms with Crippen LogP contribution in [-0.2, 0) is 23.1 Å². The molecule has 1 aromatic heterocycles. The van der Waals surface area contributed by atoms with Gasteiger partial charge in [0.15, 0.2) is 0 Å². The summed E-state index contributed by atoms with van der Waals surface area (Å²) in [6.45, 7) is -1.20. The van der Waals surface area contributed by atoms with Crippen molar-refractivity contribution in [3.05, 3.63) is 18.0 Å². The second kappa shape index (κ2) is 6.55. The summed E-state index contributed by atoms with van der Waals surface area (Å²) in [5, 5.41) is 3.96. The van der Waals surface area contributed by atoms with Crippen LogP contribution in [0.3, 0.4) is 0 Å². The molecule has 0 spiro atoms. The van der Waals surface area contributed by atoms with Crippen LogP contribution in [0.15, 0.2) is 12.4 Å². The van der Waals surface area contributed by atoms with Gasteiger partial charge in [-0.1, -0.05) is 0 Å². The lowest BCUT2D eigenvalue weighted by atomic mass is 10.3. The van der Waals surface area contributed by atoms with Crippen LogP contribution in [0.1, 0.15) is 12.0 Å². The van der Waals surface area contributed by atoms with Crippen molar-refractivity contribution in [2.45, 2.75) is 19.1 Å². The maximum atomic E-state index is 11.8. The van der Waals surface area contributed by atoms with Gasteiger partial charge < -0.3 is 9.64 Å². The van der Waals surface area contributed by atoms with Crippen LogP contribution in [0.4, 0.5) is 13.2 Å². The van der Waals surface area contributed by atoms with Crippen molar-refractivity contribution in [3.63, 3.8) is 0 Å². The number of carbonyl (C=O) groups excluding carboxylic acids is 1. The number of aromatic nitrogens is 2. The van der Waals surface area contributed by atoms with E-state index in [1.165, 1.54) is 4.90 Å². The number of ether oxygens (including phenoxy) is 1. The molecule has 8 heteroatoms. The third kappa shape index (κ3) is 6.23. The molecule has 1 aromatic rings. The van der Waals surface area contributed by atoms with Gasteiger partial charge in [-0.05, 0) is 0 Å². The predicted octanol–water partition coefficient (Wildman–Crippen LogP) is 1.35. The van der Waals surface area contributed by atoms with Gasteiger partial charge in [-0.25, -0.2) is 0 Å². The van der Waals surface area contributed by atoms with Crippen molar-refractivity contribution in [2.24, 2.45) is 7.05 Å². The standard InChI is InChI=1S/C11H16F3N3O2/c1-16(6-9-5-15-17(2)7-9)10(18)3-4-19-8-11(12,13)14/h5,7H,3-4,6,8H2,1-2H3. The number of hydrogen-bond acceptors (Lipinski definition) is 3. The summed E-state index contributed by atoms with van der Waals surface area (Å²) in [6.07, 6.45) is -1.04. The van der Waals surface area contributed by atoms with Gasteiger partial charge >= 0.3 is 6.18 Å². The van der Waals surface area contributed by atoms with Crippen LogP contribution in [0.2, 0.25) is 0 Å². The number of rotatable bonds is 6. The first-order chi connectivity index (χ1) is 8.78. The van der Waals surface area contributed by atoms with Gasteiger partial charge in [-0.15, -0.1) is 0 Å². The first kappa shape index (κ1) is 15.5. The van der Waals surface area contributed by atoms with Crippen molar-refractivity contribution in [1.29, 1.82) is 0 Å². The van der Waals surface area contributed by atoms with E-state index in [1.807, 2.05) is 0 Å². The van der Waals surface area contributed by atoms with E-state index in [2.05, 4.69) is 9.84 Å². The van der Waals surface area contributed by atoms with Crippen molar-refractivity contribution in [1.82, 2.24) is 14.7 Å². The first-order valence-electron chi connectivity index (χ1n) is 5.64.